The molecule has 21 heavy (non-hydrogen) atoms. The Labute approximate surface area is 126 Å². The van der Waals surface area contributed by atoms with Gasteiger partial charge in [0, 0.05) is 24.3 Å². The van der Waals surface area contributed by atoms with Gasteiger partial charge in [-0.15, -0.1) is 0 Å². The Balaban J connectivity index is 1.90. The van der Waals surface area contributed by atoms with Crippen LogP contribution in [0.3, 0.4) is 0 Å². The van der Waals surface area contributed by atoms with Crippen molar-refractivity contribution in [2.75, 3.05) is 18.4 Å². The number of aryl methyl sites for hydroxylation is 1. The second-order valence-corrected chi connectivity index (χ2v) is 7.80. The maximum Gasteiger partial charge on any atom is 0.238 e. The van der Waals surface area contributed by atoms with Gasteiger partial charge in [0.15, 0.2) is 0 Å². The standard InChI is InChI=1S/C15H23N3O2S/c1-10-8-12(21(16,19)20)9-14(11(10)2)17-13-5-7-18-6-3-4-15(13)18/h8-9,13,15,17H,3-7H2,1-2H3,(H2,16,19,20). The monoisotopic (exact) mass is 309 g/mol. The third-order valence-electron chi connectivity index (χ3n) is 4.92. The minimum absolute atomic E-state index is 0.189. The first kappa shape index (κ1) is 14.8. The minimum Gasteiger partial charge on any atom is -0.380 e. The molecule has 1 aromatic rings. The van der Waals surface area contributed by atoms with E-state index in [1.807, 2.05) is 13.8 Å². The molecule has 2 saturated heterocycles. The second-order valence-electron chi connectivity index (χ2n) is 6.24. The molecule has 3 N–H and O–H groups in total. The van der Waals surface area contributed by atoms with Crippen molar-refractivity contribution in [3.05, 3.63) is 23.3 Å². The van der Waals surface area contributed by atoms with Gasteiger partial charge in [0.2, 0.25) is 10.0 Å². The Bertz CT molecular complexity index is 657. The number of primary sulfonamides is 1. The molecule has 6 heteroatoms. The SMILES string of the molecule is Cc1cc(S(N)(=O)=O)cc(NC2CCN3CCCC23)c1C. The lowest BCUT2D eigenvalue weighted by atomic mass is 10.0. The largest absolute Gasteiger partial charge is 0.380 e. The topological polar surface area (TPSA) is 75.4 Å². The highest BCUT2D eigenvalue weighted by Crippen LogP contribution is 2.32. The molecule has 2 aliphatic rings. The summed E-state index contributed by atoms with van der Waals surface area (Å²) in [6.07, 6.45) is 3.60. The molecule has 0 radical (unpaired) electrons. The van der Waals surface area contributed by atoms with Gasteiger partial charge in [-0.25, -0.2) is 13.6 Å². The molecule has 116 valence electrons. The third-order valence-corrected chi connectivity index (χ3v) is 5.81. The van der Waals surface area contributed by atoms with Crippen LogP contribution in [0.25, 0.3) is 0 Å². The smallest absolute Gasteiger partial charge is 0.238 e. The van der Waals surface area contributed by atoms with Gasteiger partial charge in [-0.1, -0.05) is 0 Å². The van der Waals surface area contributed by atoms with Gasteiger partial charge < -0.3 is 5.32 Å². The number of nitrogens with one attached hydrogen (secondary N) is 1. The lowest BCUT2D eigenvalue weighted by molar-refractivity contribution is 0.318. The molecule has 0 aliphatic carbocycles. The van der Waals surface area contributed by atoms with Crippen LogP contribution in [0, 0.1) is 13.8 Å². The highest BCUT2D eigenvalue weighted by molar-refractivity contribution is 7.89. The van der Waals surface area contributed by atoms with Gasteiger partial charge in [0.1, 0.15) is 0 Å². The molecule has 3 rings (SSSR count). The zero-order valence-electron chi connectivity index (χ0n) is 12.6. The molecular weight excluding hydrogens is 286 g/mol. The van der Waals surface area contributed by atoms with Crippen molar-refractivity contribution in [3.63, 3.8) is 0 Å². The van der Waals surface area contributed by atoms with Crippen molar-refractivity contribution >= 4 is 15.7 Å². The fraction of sp³-hybridized carbons (Fsp3) is 0.600. The number of nitrogens with two attached hydrogens (primary N) is 1. The number of sulfonamides is 1. The first-order valence-electron chi connectivity index (χ1n) is 7.51. The average Bonchev–Trinajstić information content (AvgIpc) is 2.98. The van der Waals surface area contributed by atoms with E-state index >= 15 is 0 Å². The molecular formula is C15H23N3O2S. The van der Waals surface area contributed by atoms with E-state index in [-0.39, 0.29) is 4.90 Å². The number of hydrogen-bond donors (Lipinski definition) is 2. The van der Waals surface area contributed by atoms with E-state index in [4.69, 9.17) is 5.14 Å². The lowest BCUT2D eigenvalue weighted by Gasteiger charge is -2.24. The van der Waals surface area contributed by atoms with E-state index in [1.165, 1.54) is 19.4 Å². The van der Waals surface area contributed by atoms with E-state index < -0.39 is 10.0 Å². The highest BCUT2D eigenvalue weighted by Gasteiger charge is 2.37. The molecule has 2 atom stereocenters. The van der Waals surface area contributed by atoms with Crippen LogP contribution in [0.15, 0.2) is 17.0 Å². The van der Waals surface area contributed by atoms with Crippen molar-refractivity contribution in [2.24, 2.45) is 5.14 Å². The summed E-state index contributed by atoms with van der Waals surface area (Å²) in [6.45, 7) is 6.27. The fourth-order valence-electron chi connectivity index (χ4n) is 3.59. The maximum absolute atomic E-state index is 11.6. The summed E-state index contributed by atoms with van der Waals surface area (Å²) in [6, 6.07) is 4.31. The van der Waals surface area contributed by atoms with E-state index in [0.717, 1.165) is 29.8 Å². The van der Waals surface area contributed by atoms with Gasteiger partial charge >= 0.3 is 0 Å². The average molecular weight is 309 g/mol. The Hall–Kier alpha value is -1.11. The summed E-state index contributed by atoms with van der Waals surface area (Å²) >= 11 is 0. The first-order chi connectivity index (χ1) is 9.86. The second kappa shape index (κ2) is 5.26. The molecule has 0 aromatic heterocycles. The quantitative estimate of drug-likeness (QED) is 0.889. The third kappa shape index (κ3) is 2.80. The van der Waals surface area contributed by atoms with Crippen molar-refractivity contribution in [1.29, 1.82) is 0 Å². The molecule has 5 nitrogen and oxygen atoms in total. The number of fused-ring (bicyclic) bond motifs is 1. The van der Waals surface area contributed by atoms with Crippen LogP contribution in [-0.2, 0) is 10.0 Å². The number of nitrogens with zero attached hydrogens (tertiary/aromatic N) is 1. The zero-order chi connectivity index (χ0) is 15.2. The molecule has 2 unspecified atom stereocenters. The van der Waals surface area contributed by atoms with Crippen LogP contribution < -0.4 is 10.5 Å². The van der Waals surface area contributed by atoms with E-state index in [1.54, 1.807) is 12.1 Å². The summed E-state index contributed by atoms with van der Waals surface area (Å²) in [5, 5.41) is 8.85. The number of anilines is 1. The van der Waals surface area contributed by atoms with Gasteiger partial charge in [-0.2, -0.15) is 0 Å². The molecule has 2 fully saturated rings. The normalized spacial score (nSPS) is 26.0. The van der Waals surface area contributed by atoms with Gasteiger partial charge in [-0.3, -0.25) is 4.90 Å². The summed E-state index contributed by atoms with van der Waals surface area (Å²) in [5.41, 5.74) is 2.95. The predicted octanol–water partition coefficient (Wildman–Crippen LogP) is 1.60. The summed E-state index contributed by atoms with van der Waals surface area (Å²) < 4.78 is 23.2. The zero-order valence-corrected chi connectivity index (χ0v) is 13.4. The van der Waals surface area contributed by atoms with Crippen molar-refractivity contribution in [1.82, 2.24) is 4.90 Å². The molecule has 2 heterocycles. The fourth-order valence-corrected chi connectivity index (χ4v) is 4.21. The van der Waals surface area contributed by atoms with Crippen LogP contribution in [0.1, 0.15) is 30.4 Å². The van der Waals surface area contributed by atoms with Crippen molar-refractivity contribution in [3.8, 4) is 0 Å². The molecule has 0 bridgehead atoms. The Morgan fingerprint density at radius 1 is 1.24 bits per heavy atom. The Morgan fingerprint density at radius 3 is 2.71 bits per heavy atom. The minimum atomic E-state index is -3.67. The van der Waals surface area contributed by atoms with Gasteiger partial charge in [0.25, 0.3) is 0 Å². The van der Waals surface area contributed by atoms with Crippen molar-refractivity contribution < 1.29 is 8.42 Å². The van der Waals surface area contributed by atoms with Crippen LogP contribution in [0.5, 0.6) is 0 Å². The number of rotatable bonds is 3. The molecule has 2 aliphatic heterocycles. The van der Waals surface area contributed by atoms with Crippen molar-refractivity contribution in [2.45, 2.75) is 50.1 Å². The van der Waals surface area contributed by atoms with Gasteiger partial charge in [0.05, 0.1) is 4.90 Å². The highest BCUT2D eigenvalue weighted by atomic mass is 32.2. The van der Waals surface area contributed by atoms with Crippen LogP contribution in [0.2, 0.25) is 0 Å². The molecule has 0 amide bonds. The van der Waals surface area contributed by atoms with Crippen LogP contribution in [0.4, 0.5) is 5.69 Å². The van der Waals surface area contributed by atoms with Crippen LogP contribution in [-0.4, -0.2) is 38.5 Å². The molecule has 0 saturated carbocycles. The lowest BCUT2D eigenvalue weighted by Crippen LogP contribution is -2.34. The Kier molecular flexibility index (Phi) is 3.71. The molecule has 0 spiro atoms. The molecule has 1 aromatic carbocycles. The summed E-state index contributed by atoms with van der Waals surface area (Å²) in [7, 11) is -3.67. The maximum atomic E-state index is 11.6. The van der Waals surface area contributed by atoms with E-state index in [0.29, 0.717) is 12.1 Å². The number of benzene rings is 1. The number of hydrogen-bond acceptors (Lipinski definition) is 4. The predicted molar refractivity (Wildman–Crippen MR) is 83.9 cm³/mol. The summed E-state index contributed by atoms with van der Waals surface area (Å²) in [5.74, 6) is 0. The van der Waals surface area contributed by atoms with E-state index in [9.17, 15) is 8.42 Å². The Morgan fingerprint density at radius 2 is 2.00 bits per heavy atom. The van der Waals surface area contributed by atoms with Gasteiger partial charge in [-0.05, 0) is 62.9 Å². The van der Waals surface area contributed by atoms with Crippen LogP contribution >= 0.6 is 0 Å². The first-order valence-corrected chi connectivity index (χ1v) is 9.05. The summed E-state index contributed by atoms with van der Waals surface area (Å²) in [4.78, 5) is 2.72. The van der Waals surface area contributed by atoms with E-state index in [2.05, 4.69) is 10.2 Å².